The minimum atomic E-state index is -1.54. The van der Waals surface area contributed by atoms with Crippen LogP contribution in [-0.2, 0) is 9.59 Å². The first kappa shape index (κ1) is 18.5. The number of amides is 3. The number of carbonyl (C=O) groups is 4. The Morgan fingerprint density at radius 1 is 0.852 bits per heavy atom. The van der Waals surface area contributed by atoms with Gasteiger partial charge in [-0.2, -0.15) is 0 Å². The highest BCUT2D eigenvalue weighted by molar-refractivity contribution is 6.27. The molecule has 0 bridgehead atoms. The van der Waals surface area contributed by atoms with Gasteiger partial charge < -0.3 is 5.32 Å². The highest BCUT2D eigenvalue weighted by Crippen LogP contribution is 2.29. The number of benzene rings is 2. The summed E-state index contributed by atoms with van der Waals surface area (Å²) in [5.41, 5.74) is -0.0529. The Morgan fingerprint density at radius 3 is 1.81 bits per heavy atom. The van der Waals surface area contributed by atoms with Gasteiger partial charge in [-0.05, 0) is 24.3 Å². The van der Waals surface area contributed by atoms with E-state index in [2.05, 4.69) is 5.32 Å². The number of anilines is 1. The Balaban J connectivity index is 2.01. The first-order valence-corrected chi connectivity index (χ1v) is 8.59. The molecule has 0 aliphatic carbocycles. The average Bonchev–Trinajstić information content (AvgIpc) is 2.87. The Labute approximate surface area is 157 Å². The van der Waals surface area contributed by atoms with Gasteiger partial charge >= 0.3 is 0 Å². The van der Waals surface area contributed by atoms with Crippen LogP contribution in [0, 0.1) is 5.41 Å². The molecule has 0 saturated heterocycles. The number of carbonyl (C=O) groups excluding carboxylic acids is 4. The molecule has 1 aliphatic heterocycles. The highest BCUT2D eigenvalue weighted by Gasteiger charge is 2.48. The quantitative estimate of drug-likeness (QED) is 0.668. The van der Waals surface area contributed by atoms with Crippen LogP contribution in [0.25, 0.3) is 0 Å². The molecule has 2 aromatic carbocycles. The van der Waals surface area contributed by atoms with Crippen LogP contribution >= 0.6 is 0 Å². The minimum Gasteiger partial charge on any atom is -0.324 e. The summed E-state index contributed by atoms with van der Waals surface area (Å²) >= 11 is 0. The molecular formula is C21H20N2O4. The van der Waals surface area contributed by atoms with Gasteiger partial charge in [-0.3, -0.25) is 24.1 Å². The first-order chi connectivity index (χ1) is 12.7. The smallest absolute Gasteiger partial charge is 0.262 e. The molecule has 1 N–H and O–H groups in total. The van der Waals surface area contributed by atoms with E-state index in [-0.39, 0.29) is 11.1 Å². The number of nitrogens with zero attached hydrogens (tertiary/aromatic N) is 1. The lowest BCUT2D eigenvalue weighted by molar-refractivity contribution is -0.136. The van der Waals surface area contributed by atoms with Gasteiger partial charge in [0.2, 0.25) is 0 Å². The van der Waals surface area contributed by atoms with Gasteiger partial charge in [0.15, 0.2) is 11.8 Å². The van der Waals surface area contributed by atoms with Gasteiger partial charge in [0.1, 0.15) is 0 Å². The van der Waals surface area contributed by atoms with Crippen LogP contribution in [-0.4, -0.2) is 34.4 Å². The molecule has 3 rings (SSSR count). The lowest BCUT2D eigenvalue weighted by Crippen LogP contribution is -2.54. The standard InChI is InChI=1S/C21H20N2O4/c1-21(2,3)17(24)16(18(25)22-13-9-5-4-6-10-13)23-19(26)14-11-7-8-12-15(14)20(23)27/h4-12,16H,1-3H3,(H,22,25). The van der Waals surface area contributed by atoms with Crippen molar-refractivity contribution in [2.45, 2.75) is 26.8 Å². The molecule has 1 aliphatic rings. The molecule has 3 amide bonds. The van der Waals surface area contributed by atoms with Crippen molar-refractivity contribution in [3.8, 4) is 0 Å². The van der Waals surface area contributed by atoms with Crippen molar-refractivity contribution in [2.75, 3.05) is 5.32 Å². The van der Waals surface area contributed by atoms with Crippen molar-refractivity contribution in [3.63, 3.8) is 0 Å². The largest absolute Gasteiger partial charge is 0.324 e. The molecule has 2 aromatic rings. The fourth-order valence-corrected chi connectivity index (χ4v) is 2.94. The van der Waals surface area contributed by atoms with E-state index >= 15 is 0 Å². The molecule has 27 heavy (non-hydrogen) atoms. The highest BCUT2D eigenvalue weighted by atomic mass is 16.2. The summed E-state index contributed by atoms with van der Waals surface area (Å²) in [6.45, 7) is 4.95. The fraction of sp³-hybridized carbons (Fsp3) is 0.238. The minimum absolute atomic E-state index is 0.196. The number of rotatable bonds is 4. The predicted molar refractivity (Wildman–Crippen MR) is 100 cm³/mol. The number of hydrogen-bond donors (Lipinski definition) is 1. The third-order valence-corrected chi connectivity index (χ3v) is 4.36. The number of Topliss-reactive ketones (excluding diaryl/α,β-unsaturated/α-hetero) is 1. The number of para-hydroxylation sites is 1. The number of fused-ring (bicyclic) bond motifs is 1. The Morgan fingerprint density at radius 2 is 1.33 bits per heavy atom. The van der Waals surface area contributed by atoms with Crippen LogP contribution in [0.1, 0.15) is 41.5 Å². The maximum Gasteiger partial charge on any atom is 0.262 e. The summed E-state index contributed by atoms with van der Waals surface area (Å²) < 4.78 is 0. The lowest BCUT2D eigenvalue weighted by atomic mass is 9.85. The Bertz CT molecular complexity index is 894. The van der Waals surface area contributed by atoms with Crippen LogP contribution in [0.4, 0.5) is 5.69 Å². The van der Waals surface area contributed by atoms with Crippen LogP contribution in [0.2, 0.25) is 0 Å². The van der Waals surface area contributed by atoms with E-state index in [1.54, 1.807) is 63.2 Å². The van der Waals surface area contributed by atoms with Gasteiger partial charge in [-0.1, -0.05) is 51.1 Å². The van der Waals surface area contributed by atoms with Gasteiger partial charge in [0, 0.05) is 11.1 Å². The molecule has 1 heterocycles. The van der Waals surface area contributed by atoms with E-state index < -0.39 is 35.0 Å². The molecule has 138 valence electrons. The summed E-state index contributed by atoms with van der Waals surface area (Å²) in [5.74, 6) is -2.50. The molecular weight excluding hydrogens is 344 g/mol. The molecule has 1 unspecified atom stereocenters. The number of hydrogen-bond acceptors (Lipinski definition) is 4. The zero-order chi connectivity index (χ0) is 19.8. The van der Waals surface area contributed by atoms with Gasteiger partial charge in [0.25, 0.3) is 17.7 Å². The van der Waals surface area contributed by atoms with Crippen LogP contribution in [0.5, 0.6) is 0 Å². The van der Waals surface area contributed by atoms with Crippen molar-refractivity contribution < 1.29 is 19.2 Å². The van der Waals surface area contributed by atoms with Crippen molar-refractivity contribution in [1.29, 1.82) is 0 Å². The van der Waals surface area contributed by atoms with E-state index in [4.69, 9.17) is 0 Å². The molecule has 0 spiro atoms. The van der Waals surface area contributed by atoms with E-state index in [9.17, 15) is 19.2 Å². The summed E-state index contributed by atoms with van der Waals surface area (Å²) in [6, 6.07) is 13.4. The maximum atomic E-state index is 13.0. The third kappa shape index (κ3) is 3.38. The van der Waals surface area contributed by atoms with Crippen LogP contribution < -0.4 is 5.32 Å². The molecule has 6 nitrogen and oxygen atoms in total. The summed E-state index contributed by atoms with van der Waals surface area (Å²) in [7, 11) is 0. The van der Waals surface area contributed by atoms with Crippen molar-refractivity contribution in [1.82, 2.24) is 4.90 Å². The third-order valence-electron chi connectivity index (χ3n) is 4.36. The number of imide groups is 1. The first-order valence-electron chi connectivity index (χ1n) is 8.59. The van der Waals surface area contributed by atoms with Crippen molar-refractivity contribution in [3.05, 3.63) is 65.7 Å². The van der Waals surface area contributed by atoms with E-state index in [1.165, 1.54) is 12.1 Å². The lowest BCUT2D eigenvalue weighted by Gasteiger charge is -2.29. The van der Waals surface area contributed by atoms with Crippen LogP contribution in [0.3, 0.4) is 0 Å². The summed E-state index contributed by atoms with van der Waals surface area (Å²) in [5, 5.41) is 2.63. The molecule has 0 radical (unpaired) electrons. The Hall–Kier alpha value is -3.28. The van der Waals surface area contributed by atoms with Crippen molar-refractivity contribution >= 4 is 29.2 Å². The van der Waals surface area contributed by atoms with E-state index in [1.807, 2.05) is 0 Å². The predicted octanol–water partition coefficient (Wildman–Crippen LogP) is 2.91. The zero-order valence-corrected chi connectivity index (χ0v) is 15.4. The van der Waals surface area contributed by atoms with E-state index in [0.717, 1.165) is 4.90 Å². The summed E-state index contributed by atoms with van der Waals surface area (Å²) in [6.07, 6.45) is 0. The average molecular weight is 364 g/mol. The topological polar surface area (TPSA) is 83.6 Å². The zero-order valence-electron chi connectivity index (χ0n) is 15.4. The normalized spacial score (nSPS) is 14.7. The molecule has 0 aromatic heterocycles. The van der Waals surface area contributed by atoms with Crippen LogP contribution in [0.15, 0.2) is 54.6 Å². The Kier molecular flexibility index (Phi) is 4.66. The van der Waals surface area contributed by atoms with E-state index in [0.29, 0.717) is 5.69 Å². The molecule has 0 fully saturated rings. The monoisotopic (exact) mass is 364 g/mol. The molecule has 0 saturated carbocycles. The SMILES string of the molecule is CC(C)(C)C(=O)C(C(=O)Nc1ccccc1)N1C(=O)c2ccccc2C1=O. The molecule has 1 atom stereocenters. The summed E-state index contributed by atoms with van der Waals surface area (Å²) in [4.78, 5) is 52.4. The van der Waals surface area contributed by atoms with Gasteiger partial charge in [-0.15, -0.1) is 0 Å². The maximum absolute atomic E-state index is 13.0. The number of ketones is 1. The van der Waals surface area contributed by atoms with Crippen molar-refractivity contribution in [2.24, 2.45) is 5.41 Å². The van der Waals surface area contributed by atoms with Gasteiger partial charge in [-0.25, -0.2) is 0 Å². The second-order valence-electron chi connectivity index (χ2n) is 7.40. The second-order valence-corrected chi connectivity index (χ2v) is 7.40. The fourth-order valence-electron chi connectivity index (χ4n) is 2.94. The second kappa shape index (κ2) is 6.79. The molecule has 6 heteroatoms. The number of nitrogens with one attached hydrogen (secondary N) is 1. The van der Waals surface area contributed by atoms with Gasteiger partial charge in [0.05, 0.1) is 11.1 Å².